The fourth-order valence-electron chi connectivity index (χ4n) is 3.49. The van der Waals surface area contributed by atoms with E-state index < -0.39 is 0 Å². The molecule has 1 aliphatic heterocycles. The molecule has 3 rings (SSSR count). The zero-order valence-electron chi connectivity index (χ0n) is 12.8. The summed E-state index contributed by atoms with van der Waals surface area (Å²) in [6.07, 6.45) is 14.2. The van der Waals surface area contributed by atoms with Gasteiger partial charge in [-0.05, 0) is 24.5 Å². The van der Waals surface area contributed by atoms with E-state index in [1.165, 1.54) is 32.1 Å². The highest BCUT2D eigenvalue weighted by Crippen LogP contribution is 2.32. The van der Waals surface area contributed by atoms with Gasteiger partial charge in [-0.25, -0.2) is 9.78 Å². The molecule has 1 saturated heterocycles. The lowest BCUT2D eigenvalue weighted by Gasteiger charge is -2.28. The van der Waals surface area contributed by atoms with Gasteiger partial charge in [-0.15, -0.1) is 0 Å². The minimum atomic E-state index is -0.272. The molecule has 1 N–H and O–H groups in total. The Balaban J connectivity index is 1.75. The fraction of sp³-hybridized carbons (Fsp3) is 0.529. The molecule has 5 nitrogen and oxygen atoms in total. The van der Waals surface area contributed by atoms with Crippen molar-refractivity contribution in [3.8, 4) is 0 Å². The van der Waals surface area contributed by atoms with Crippen molar-refractivity contribution in [1.82, 2.24) is 14.9 Å². The number of cyclic esters (lactones) is 1. The van der Waals surface area contributed by atoms with E-state index in [-0.39, 0.29) is 12.1 Å². The van der Waals surface area contributed by atoms with Gasteiger partial charge in [0.05, 0.1) is 24.3 Å². The van der Waals surface area contributed by atoms with Crippen molar-refractivity contribution >= 4 is 12.2 Å². The largest absolute Gasteiger partial charge is 0.447 e. The van der Waals surface area contributed by atoms with Gasteiger partial charge in [0.2, 0.25) is 0 Å². The van der Waals surface area contributed by atoms with E-state index in [0.29, 0.717) is 12.5 Å². The molecule has 1 unspecified atom stereocenters. The summed E-state index contributed by atoms with van der Waals surface area (Å²) in [7, 11) is 0. The molecule has 1 atom stereocenters. The number of H-pyrrole nitrogens is 1. The lowest BCUT2D eigenvalue weighted by molar-refractivity contribution is 0.165. The summed E-state index contributed by atoms with van der Waals surface area (Å²) >= 11 is 0. The van der Waals surface area contributed by atoms with Crippen LogP contribution in [0.1, 0.15) is 44.2 Å². The number of aromatic amines is 1. The summed E-state index contributed by atoms with van der Waals surface area (Å²) in [4.78, 5) is 20.9. The smallest absolute Gasteiger partial charge is 0.414 e. The van der Waals surface area contributed by atoms with E-state index in [9.17, 15) is 4.79 Å². The van der Waals surface area contributed by atoms with Gasteiger partial charge >= 0.3 is 6.09 Å². The van der Waals surface area contributed by atoms with Crippen molar-refractivity contribution in [2.75, 3.05) is 6.61 Å². The summed E-state index contributed by atoms with van der Waals surface area (Å²) in [6.45, 7) is 4.33. The second kappa shape index (κ2) is 6.81. The number of carbonyl (C=O) groups excluding carboxylic acids is 1. The number of rotatable bonds is 5. The van der Waals surface area contributed by atoms with E-state index in [2.05, 4.69) is 16.5 Å². The molecular formula is C17H23N3O2. The van der Waals surface area contributed by atoms with Crippen LogP contribution in [0.4, 0.5) is 4.79 Å². The molecule has 1 amide bonds. The number of nitrogens with zero attached hydrogens (tertiary/aromatic N) is 2. The van der Waals surface area contributed by atoms with Gasteiger partial charge in [-0.2, -0.15) is 0 Å². The molecule has 2 fully saturated rings. The highest BCUT2D eigenvalue weighted by atomic mass is 16.6. The Labute approximate surface area is 131 Å². The molecular weight excluding hydrogens is 278 g/mol. The summed E-state index contributed by atoms with van der Waals surface area (Å²) in [6, 6.07) is 0.114. The van der Waals surface area contributed by atoms with Crippen LogP contribution < -0.4 is 0 Å². The van der Waals surface area contributed by atoms with Crippen LogP contribution in [0.15, 0.2) is 30.9 Å². The van der Waals surface area contributed by atoms with Gasteiger partial charge in [-0.1, -0.05) is 38.7 Å². The van der Waals surface area contributed by atoms with Crippen LogP contribution in [0, 0.1) is 5.92 Å². The van der Waals surface area contributed by atoms with E-state index in [0.717, 1.165) is 17.8 Å². The zero-order chi connectivity index (χ0) is 15.4. The maximum Gasteiger partial charge on any atom is 0.414 e. The monoisotopic (exact) mass is 301 g/mol. The van der Waals surface area contributed by atoms with Crippen LogP contribution in [0.25, 0.3) is 6.08 Å². The Kier molecular flexibility index (Phi) is 4.61. The summed E-state index contributed by atoms with van der Waals surface area (Å²) in [5.41, 5.74) is 1.62. The maximum absolute atomic E-state index is 12.1. The second-order valence-corrected chi connectivity index (χ2v) is 6.12. The molecule has 0 aromatic carbocycles. The average Bonchev–Trinajstić information content (AvgIpc) is 3.17. The van der Waals surface area contributed by atoms with E-state index in [1.54, 1.807) is 23.5 Å². The quantitative estimate of drug-likeness (QED) is 0.843. The van der Waals surface area contributed by atoms with Gasteiger partial charge in [0.1, 0.15) is 6.61 Å². The fourth-order valence-corrected chi connectivity index (χ4v) is 3.49. The van der Waals surface area contributed by atoms with Crippen LogP contribution in [-0.4, -0.2) is 33.6 Å². The van der Waals surface area contributed by atoms with Crippen molar-refractivity contribution in [2.24, 2.45) is 5.92 Å². The number of imidazole rings is 1. The Bertz CT molecular complexity index is 544. The first-order valence-corrected chi connectivity index (χ1v) is 8.06. The lowest BCUT2D eigenvalue weighted by atomic mass is 9.84. The first-order chi connectivity index (χ1) is 10.8. The molecule has 0 radical (unpaired) electrons. The molecule has 118 valence electrons. The Morgan fingerprint density at radius 2 is 2.27 bits per heavy atom. The highest BCUT2D eigenvalue weighted by Gasteiger charge is 2.36. The number of nitrogens with one attached hydrogen (secondary N) is 1. The van der Waals surface area contributed by atoms with Crippen LogP contribution >= 0.6 is 0 Å². The first-order valence-electron chi connectivity index (χ1n) is 8.06. The Morgan fingerprint density at radius 3 is 2.95 bits per heavy atom. The normalized spacial score (nSPS) is 23.6. The van der Waals surface area contributed by atoms with Gasteiger partial charge in [-0.3, -0.25) is 4.90 Å². The molecule has 5 heteroatoms. The number of carbonyl (C=O) groups is 1. The van der Waals surface area contributed by atoms with Crippen molar-refractivity contribution in [3.63, 3.8) is 0 Å². The van der Waals surface area contributed by atoms with E-state index >= 15 is 0 Å². The van der Waals surface area contributed by atoms with Crippen molar-refractivity contribution in [3.05, 3.63) is 36.6 Å². The molecule has 1 aliphatic carbocycles. The number of ether oxygens (including phenoxy) is 1. The first kappa shape index (κ1) is 14.9. The van der Waals surface area contributed by atoms with Crippen LogP contribution in [0.5, 0.6) is 0 Å². The number of amides is 1. The number of allylic oxidation sites excluding steroid dienone is 1. The topological polar surface area (TPSA) is 58.2 Å². The minimum absolute atomic E-state index is 0.114. The molecule has 1 aromatic heterocycles. The second-order valence-electron chi connectivity index (χ2n) is 6.12. The SMILES string of the molecule is C=C/C(=C\c1cnc[nH]1)N1C(=O)OCC1CC1CCCCC1. The van der Waals surface area contributed by atoms with Crippen LogP contribution in [0.3, 0.4) is 0 Å². The predicted octanol–water partition coefficient (Wildman–Crippen LogP) is 3.73. The summed E-state index contributed by atoms with van der Waals surface area (Å²) < 4.78 is 5.29. The molecule has 2 aliphatic rings. The van der Waals surface area contributed by atoms with Gasteiger partial charge < -0.3 is 9.72 Å². The molecule has 22 heavy (non-hydrogen) atoms. The van der Waals surface area contributed by atoms with E-state index in [4.69, 9.17) is 4.74 Å². The highest BCUT2D eigenvalue weighted by molar-refractivity contribution is 5.75. The number of hydrogen-bond acceptors (Lipinski definition) is 3. The van der Waals surface area contributed by atoms with Gasteiger partial charge in [0.15, 0.2) is 0 Å². The van der Waals surface area contributed by atoms with Crippen LogP contribution in [-0.2, 0) is 4.74 Å². The molecule has 1 aromatic rings. The lowest BCUT2D eigenvalue weighted by Crippen LogP contribution is -2.34. The third kappa shape index (κ3) is 3.24. The number of aromatic nitrogens is 2. The van der Waals surface area contributed by atoms with E-state index in [1.807, 2.05) is 6.08 Å². The predicted molar refractivity (Wildman–Crippen MR) is 84.9 cm³/mol. The van der Waals surface area contributed by atoms with Gasteiger partial charge in [0, 0.05) is 5.70 Å². The van der Waals surface area contributed by atoms with Gasteiger partial charge in [0.25, 0.3) is 0 Å². The average molecular weight is 301 g/mol. The third-order valence-corrected chi connectivity index (χ3v) is 4.60. The maximum atomic E-state index is 12.1. The molecule has 2 heterocycles. The Hall–Kier alpha value is -2.04. The number of hydrogen-bond donors (Lipinski definition) is 1. The van der Waals surface area contributed by atoms with Crippen molar-refractivity contribution < 1.29 is 9.53 Å². The molecule has 0 bridgehead atoms. The zero-order valence-corrected chi connectivity index (χ0v) is 12.8. The van der Waals surface area contributed by atoms with Crippen molar-refractivity contribution in [1.29, 1.82) is 0 Å². The molecule has 0 spiro atoms. The summed E-state index contributed by atoms with van der Waals surface area (Å²) in [5, 5.41) is 0. The Morgan fingerprint density at radius 1 is 1.45 bits per heavy atom. The summed E-state index contributed by atoms with van der Waals surface area (Å²) in [5.74, 6) is 0.703. The minimum Gasteiger partial charge on any atom is -0.447 e. The standard InChI is InChI=1S/C17H23N3O2/c1-2-15(9-14-10-18-12-19-14)20-16(11-22-17(20)21)8-13-6-4-3-5-7-13/h2,9-10,12-13,16H,1,3-8,11H2,(H,18,19)/b15-9+. The molecule has 1 saturated carbocycles. The van der Waals surface area contributed by atoms with Crippen molar-refractivity contribution in [2.45, 2.75) is 44.6 Å². The van der Waals surface area contributed by atoms with Crippen LogP contribution in [0.2, 0.25) is 0 Å². The third-order valence-electron chi connectivity index (χ3n) is 4.60.